The fraction of sp³-hybridized carbons (Fsp3) is 0.263. The van der Waals surface area contributed by atoms with E-state index < -0.39 is 23.4 Å². The maximum Gasteiger partial charge on any atom is 0.254 e. The van der Waals surface area contributed by atoms with Gasteiger partial charge >= 0.3 is 0 Å². The Morgan fingerprint density at radius 2 is 1.27 bits per heavy atom. The smallest absolute Gasteiger partial charge is 0.254 e. The number of rotatable bonds is 2. The van der Waals surface area contributed by atoms with Crippen LogP contribution in [-0.4, -0.2) is 47.8 Å². The van der Waals surface area contributed by atoms with Crippen LogP contribution in [0.15, 0.2) is 36.4 Å². The number of benzene rings is 2. The van der Waals surface area contributed by atoms with Crippen LogP contribution in [-0.2, 0) is 0 Å². The Bertz CT molecular complexity index is 842. The van der Waals surface area contributed by atoms with Crippen LogP contribution in [0.4, 0.5) is 13.2 Å². The minimum atomic E-state index is -0.816. The molecule has 0 N–H and O–H groups in total. The Morgan fingerprint density at radius 3 is 1.77 bits per heavy atom. The van der Waals surface area contributed by atoms with Crippen LogP contribution >= 0.6 is 0 Å². The summed E-state index contributed by atoms with van der Waals surface area (Å²) < 4.78 is 40.2. The number of nitrogens with zero attached hydrogens (tertiary/aromatic N) is 2. The molecule has 2 aromatic rings. The van der Waals surface area contributed by atoms with E-state index >= 15 is 0 Å². The molecule has 0 spiro atoms. The van der Waals surface area contributed by atoms with Crippen LogP contribution in [0, 0.1) is 24.4 Å². The summed E-state index contributed by atoms with van der Waals surface area (Å²) in [6.45, 7) is 2.60. The summed E-state index contributed by atoms with van der Waals surface area (Å²) in [4.78, 5) is 27.8. The zero-order valence-electron chi connectivity index (χ0n) is 14.1. The van der Waals surface area contributed by atoms with E-state index in [0.717, 1.165) is 12.1 Å². The maximum atomic E-state index is 13.6. The fourth-order valence-corrected chi connectivity index (χ4v) is 2.88. The quantitative estimate of drug-likeness (QED) is 0.824. The topological polar surface area (TPSA) is 40.6 Å². The lowest BCUT2D eigenvalue weighted by Gasteiger charge is -2.35. The highest BCUT2D eigenvalue weighted by molar-refractivity contribution is 5.96. The third kappa shape index (κ3) is 3.71. The standard InChI is InChI=1S/C19H17F3N2O2/c1-12-2-3-13(10-17(12)22)18(25)23-4-6-24(7-5-23)19(26)14-8-15(20)11-16(21)9-14/h2-3,8-11H,4-7H2,1H3. The van der Waals surface area contributed by atoms with Crippen molar-refractivity contribution < 1.29 is 22.8 Å². The minimum Gasteiger partial charge on any atom is -0.335 e. The van der Waals surface area contributed by atoms with E-state index in [1.807, 2.05) is 0 Å². The average Bonchev–Trinajstić information content (AvgIpc) is 2.62. The van der Waals surface area contributed by atoms with E-state index in [1.54, 1.807) is 19.1 Å². The average molecular weight is 362 g/mol. The van der Waals surface area contributed by atoms with E-state index in [-0.39, 0.29) is 43.2 Å². The Labute approximate surface area is 148 Å². The Morgan fingerprint density at radius 1 is 0.769 bits per heavy atom. The molecule has 0 aromatic heterocycles. The van der Waals surface area contributed by atoms with Gasteiger partial charge in [-0.25, -0.2) is 13.2 Å². The van der Waals surface area contributed by atoms with Gasteiger partial charge in [0.2, 0.25) is 0 Å². The van der Waals surface area contributed by atoms with E-state index in [1.165, 1.54) is 15.9 Å². The first kappa shape index (κ1) is 18.0. The summed E-state index contributed by atoms with van der Waals surface area (Å²) in [7, 11) is 0. The molecule has 1 fully saturated rings. The lowest BCUT2D eigenvalue weighted by molar-refractivity contribution is 0.0535. The van der Waals surface area contributed by atoms with Crippen LogP contribution in [0.2, 0.25) is 0 Å². The summed E-state index contributed by atoms with van der Waals surface area (Å²) in [6, 6.07) is 6.98. The molecule has 1 heterocycles. The molecule has 0 saturated carbocycles. The van der Waals surface area contributed by atoms with E-state index in [4.69, 9.17) is 0 Å². The Balaban J connectivity index is 1.65. The van der Waals surface area contributed by atoms with Crippen molar-refractivity contribution in [1.82, 2.24) is 9.80 Å². The Hall–Kier alpha value is -2.83. The summed E-state index contributed by atoms with van der Waals surface area (Å²) >= 11 is 0. The first-order valence-corrected chi connectivity index (χ1v) is 8.16. The van der Waals surface area contributed by atoms with Gasteiger partial charge in [0.15, 0.2) is 0 Å². The van der Waals surface area contributed by atoms with Crippen LogP contribution < -0.4 is 0 Å². The molecule has 0 bridgehead atoms. The zero-order chi connectivity index (χ0) is 18.8. The van der Waals surface area contributed by atoms with Crippen LogP contribution in [0.25, 0.3) is 0 Å². The maximum absolute atomic E-state index is 13.6. The van der Waals surface area contributed by atoms with Crippen molar-refractivity contribution in [2.24, 2.45) is 0 Å². The number of hydrogen-bond donors (Lipinski definition) is 0. The third-order valence-electron chi connectivity index (χ3n) is 4.38. The SMILES string of the molecule is Cc1ccc(C(=O)N2CCN(C(=O)c3cc(F)cc(F)c3)CC2)cc1F. The van der Waals surface area contributed by atoms with Crippen molar-refractivity contribution in [3.63, 3.8) is 0 Å². The van der Waals surface area contributed by atoms with Gasteiger partial charge in [-0.05, 0) is 36.8 Å². The van der Waals surface area contributed by atoms with Crippen molar-refractivity contribution in [2.75, 3.05) is 26.2 Å². The molecule has 1 aliphatic rings. The molecule has 4 nitrogen and oxygen atoms in total. The monoisotopic (exact) mass is 362 g/mol. The van der Waals surface area contributed by atoms with E-state index in [9.17, 15) is 22.8 Å². The second-order valence-corrected chi connectivity index (χ2v) is 6.21. The van der Waals surface area contributed by atoms with Crippen molar-refractivity contribution in [2.45, 2.75) is 6.92 Å². The lowest BCUT2D eigenvalue weighted by atomic mass is 10.1. The van der Waals surface area contributed by atoms with Gasteiger partial charge in [0.05, 0.1) is 0 Å². The summed E-state index contributed by atoms with van der Waals surface area (Å²) in [5.41, 5.74) is 0.641. The molecule has 0 radical (unpaired) electrons. The summed E-state index contributed by atoms with van der Waals surface area (Å²) in [5, 5.41) is 0. The number of carbonyl (C=O) groups is 2. The second-order valence-electron chi connectivity index (χ2n) is 6.21. The molecule has 0 unspecified atom stereocenters. The molecule has 1 saturated heterocycles. The molecule has 136 valence electrons. The third-order valence-corrected chi connectivity index (χ3v) is 4.38. The molecule has 0 atom stereocenters. The van der Waals surface area contributed by atoms with E-state index in [0.29, 0.717) is 11.6 Å². The van der Waals surface area contributed by atoms with Gasteiger partial charge in [0, 0.05) is 43.4 Å². The number of halogens is 3. The highest BCUT2D eigenvalue weighted by Gasteiger charge is 2.26. The molecular formula is C19H17F3N2O2. The normalized spacial score (nSPS) is 14.5. The molecule has 3 rings (SSSR count). The second kappa shape index (κ2) is 7.19. The molecule has 2 aromatic carbocycles. The molecular weight excluding hydrogens is 345 g/mol. The minimum absolute atomic E-state index is 0.0668. The number of aryl methyl sites for hydroxylation is 1. The van der Waals surface area contributed by atoms with Crippen LogP contribution in [0.3, 0.4) is 0 Å². The number of carbonyl (C=O) groups excluding carboxylic acids is 2. The number of hydrogen-bond acceptors (Lipinski definition) is 2. The van der Waals surface area contributed by atoms with Crippen molar-refractivity contribution >= 4 is 11.8 Å². The van der Waals surface area contributed by atoms with Gasteiger partial charge in [-0.1, -0.05) is 6.07 Å². The van der Waals surface area contributed by atoms with Gasteiger partial charge in [-0.15, -0.1) is 0 Å². The Kier molecular flexibility index (Phi) is 4.97. The number of amides is 2. The molecule has 26 heavy (non-hydrogen) atoms. The molecule has 7 heteroatoms. The molecule has 1 aliphatic heterocycles. The van der Waals surface area contributed by atoms with Gasteiger partial charge in [-0.3, -0.25) is 9.59 Å². The highest BCUT2D eigenvalue weighted by atomic mass is 19.1. The lowest BCUT2D eigenvalue weighted by Crippen LogP contribution is -2.50. The predicted molar refractivity (Wildman–Crippen MR) is 89.3 cm³/mol. The predicted octanol–water partition coefficient (Wildman–Crippen LogP) is 3.01. The van der Waals surface area contributed by atoms with Crippen LogP contribution in [0.5, 0.6) is 0 Å². The fourth-order valence-electron chi connectivity index (χ4n) is 2.88. The molecule has 0 aliphatic carbocycles. The van der Waals surface area contributed by atoms with Gasteiger partial charge < -0.3 is 9.80 Å². The van der Waals surface area contributed by atoms with Crippen molar-refractivity contribution in [1.29, 1.82) is 0 Å². The van der Waals surface area contributed by atoms with Crippen LogP contribution in [0.1, 0.15) is 26.3 Å². The van der Waals surface area contributed by atoms with Crippen molar-refractivity contribution in [3.8, 4) is 0 Å². The van der Waals surface area contributed by atoms with E-state index in [2.05, 4.69) is 0 Å². The largest absolute Gasteiger partial charge is 0.335 e. The summed E-state index contributed by atoms with van der Waals surface area (Å²) in [5.74, 6) is -2.88. The summed E-state index contributed by atoms with van der Waals surface area (Å²) in [6.07, 6.45) is 0. The zero-order valence-corrected chi connectivity index (χ0v) is 14.1. The molecule has 2 amide bonds. The number of piperazine rings is 1. The first-order valence-electron chi connectivity index (χ1n) is 8.16. The first-order chi connectivity index (χ1) is 12.3. The highest BCUT2D eigenvalue weighted by Crippen LogP contribution is 2.15. The van der Waals surface area contributed by atoms with Crippen molar-refractivity contribution in [3.05, 3.63) is 70.5 Å². The van der Waals surface area contributed by atoms with Gasteiger partial charge in [-0.2, -0.15) is 0 Å². The van der Waals surface area contributed by atoms with Gasteiger partial charge in [0.25, 0.3) is 11.8 Å². The van der Waals surface area contributed by atoms with Gasteiger partial charge in [0.1, 0.15) is 17.5 Å².